The number of carbonyl (C=O) groups excluding carboxylic acids is 1. The zero-order chi connectivity index (χ0) is 31.7. The highest BCUT2D eigenvalue weighted by atomic mass is 32.7. The fraction of sp³-hybridized carbons (Fsp3) is 0.619. The maximum absolute atomic E-state index is 13.5. The number of thiol groups is 1. The average molecular weight is 708 g/mol. The van der Waals surface area contributed by atoms with Gasteiger partial charge < -0.3 is 35.5 Å². The van der Waals surface area contributed by atoms with Gasteiger partial charge in [0, 0.05) is 13.5 Å². The quantitative estimate of drug-likeness (QED) is 0.202. The van der Waals surface area contributed by atoms with E-state index in [0.717, 1.165) is 11.5 Å². The molecule has 2 aromatic rings. The summed E-state index contributed by atoms with van der Waals surface area (Å²) in [6.07, 6.45) is -5.51. The Kier molecular flexibility index (Phi) is 8.15. The van der Waals surface area contributed by atoms with E-state index >= 15 is 0 Å². The van der Waals surface area contributed by atoms with Crippen molar-refractivity contribution in [2.24, 2.45) is 15.7 Å². The number of phosphoric ester groups is 1. The summed E-state index contributed by atoms with van der Waals surface area (Å²) in [7, 11) is -3.55. The van der Waals surface area contributed by atoms with Crippen LogP contribution in [0.4, 0.5) is 5.82 Å². The molecule has 1 amide bonds. The number of hydrogen-bond donors (Lipinski definition) is 5. The van der Waals surface area contributed by atoms with Crippen molar-refractivity contribution in [3.63, 3.8) is 0 Å². The minimum Gasteiger partial charge on any atom is -0.382 e. The molecule has 7 heterocycles. The number of aromatic nitrogens is 3. The minimum atomic E-state index is -4.88. The Hall–Kier alpha value is -2.33. The van der Waals surface area contributed by atoms with Gasteiger partial charge in [0.25, 0.3) is 5.91 Å². The van der Waals surface area contributed by atoms with Crippen molar-refractivity contribution in [1.29, 1.82) is 0 Å². The zero-order valence-corrected chi connectivity index (χ0v) is 26.6. The van der Waals surface area contributed by atoms with E-state index in [4.69, 9.17) is 43.8 Å². The number of nitrogen functional groups attached to an aromatic ring is 1. The molecule has 0 aromatic carbocycles. The van der Waals surface area contributed by atoms with Crippen LogP contribution in [0, 0.1) is 0 Å². The highest BCUT2D eigenvalue weighted by Crippen LogP contribution is 2.58. The van der Waals surface area contributed by atoms with Gasteiger partial charge in [-0.3, -0.25) is 33.2 Å². The van der Waals surface area contributed by atoms with E-state index < -0.39 is 88.8 Å². The largest absolute Gasteiger partial charge is 0.472 e. The van der Waals surface area contributed by atoms with E-state index in [0.29, 0.717) is 15.9 Å². The predicted octanol–water partition coefficient (Wildman–Crippen LogP) is -0.323. The highest BCUT2D eigenvalue weighted by molar-refractivity contribution is 8.44. The molecule has 20 nitrogen and oxygen atoms in total. The number of nitrogens with one attached hydrogen (secondary N) is 1. The van der Waals surface area contributed by atoms with Crippen molar-refractivity contribution in [3.8, 4) is 0 Å². The summed E-state index contributed by atoms with van der Waals surface area (Å²) in [5.41, 5.74) is 12.6. The summed E-state index contributed by atoms with van der Waals surface area (Å²) in [6.45, 7) is -5.02. The average Bonchev–Trinajstić information content (AvgIpc) is 3.74. The van der Waals surface area contributed by atoms with Crippen LogP contribution < -0.4 is 16.8 Å². The molecule has 0 aliphatic carbocycles. The number of rotatable bonds is 3. The van der Waals surface area contributed by atoms with Gasteiger partial charge >= 0.3 is 14.6 Å². The molecule has 0 saturated carbocycles. The lowest BCUT2D eigenvalue weighted by molar-refractivity contribution is -0.124. The van der Waals surface area contributed by atoms with Gasteiger partial charge in [-0.25, -0.2) is 24.1 Å². The fourth-order valence-electron chi connectivity index (χ4n) is 5.74. The molecule has 6 N–H and O–H groups in total. The van der Waals surface area contributed by atoms with E-state index in [1.807, 2.05) is 0 Å². The van der Waals surface area contributed by atoms with Crippen molar-refractivity contribution in [2.75, 3.05) is 26.1 Å². The first-order valence-electron chi connectivity index (χ1n) is 13.4. The molecule has 11 atom stereocenters. The van der Waals surface area contributed by atoms with E-state index in [9.17, 15) is 18.8 Å². The Balaban J connectivity index is 1.16. The van der Waals surface area contributed by atoms with Gasteiger partial charge in [0.1, 0.15) is 41.8 Å². The first-order chi connectivity index (χ1) is 21.4. The number of methoxy groups -OCH3 is 1. The van der Waals surface area contributed by atoms with Crippen LogP contribution in [0.3, 0.4) is 0 Å². The first kappa shape index (κ1) is 31.3. The molecule has 5 aliphatic rings. The summed E-state index contributed by atoms with van der Waals surface area (Å²) in [6, 6.07) is -0.963. The monoisotopic (exact) mass is 707 g/mol. The number of anilines is 1. The number of nitrogens with two attached hydrogens (primary N) is 2. The Morgan fingerprint density at radius 3 is 2.73 bits per heavy atom. The number of carbonyl (C=O) groups is 1. The number of amides is 1. The molecule has 5 aliphatic heterocycles. The molecule has 45 heavy (non-hydrogen) atoms. The molecule has 244 valence electrons. The molecule has 24 heteroatoms. The molecule has 7 rings (SSSR count). The molecular weight excluding hydrogens is 680 g/mol. The Morgan fingerprint density at radius 2 is 1.93 bits per heavy atom. The van der Waals surface area contributed by atoms with Gasteiger partial charge in [-0.05, 0) is 11.5 Å². The second-order valence-corrected chi connectivity index (χ2v) is 15.6. The van der Waals surface area contributed by atoms with Gasteiger partial charge in [0.2, 0.25) is 0 Å². The van der Waals surface area contributed by atoms with Crippen LogP contribution in [0.1, 0.15) is 17.4 Å². The van der Waals surface area contributed by atoms with E-state index in [-0.39, 0.29) is 18.2 Å². The van der Waals surface area contributed by atoms with Crippen LogP contribution in [0.2, 0.25) is 0 Å². The lowest BCUT2D eigenvalue weighted by Gasteiger charge is -2.34. The van der Waals surface area contributed by atoms with Crippen LogP contribution in [-0.2, 0) is 46.2 Å². The second-order valence-electron chi connectivity index (χ2n) is 10.5. The van der Waals surface area contributed by atoms with Crippen LogP contribution in [-0.4, -0.2) is 112 Å². The third kappa shape index (κ3) is 5.87. The summed E-state index contributed by atoms with van der Waals surface area (Å²) in [5.74, 6) is -0.451. The molecular formula is C21H27N9O11P2S2. The van der Waals surface area contributed by atoms with Gasteiger partial charge in [0.05, 0.1) is 36.6 Å². The molecule has 0 radical (unpaired) electrons. The Morgan fingerprint density at radius 1 is 1.13 bits per heavy atom. The Labute approximate surface area is 263 Å². The molecule has 3 fully saturated rings. The van der Waals surface area contributed by atoms with Crippen LogP contribution in [0.25, 0.3) is 11.0 Å². The number of aliphatic imine (C=N–C) groups is 2. The van der Waals surface area contributed by atoms with Crippen LogP contribution >= 0.6 is 38.4 Å². The topological polar surface area (TPSA) is 267 Å². The van der Waals surface area contributed by atoms with E-state index in [1.165, 1.54) is 24.7 Å². The number of hydrogen-bond acceptors (Lipinski definition) is 19. The predicted molar refractivity (Wildman–Crippen MR) is 157 cm³/mol. The molecule has 3 unspecified atom stereocenters. The maximum atomic E-state index is 13.5. The number of phosphoric acid groups is 1. The summed E-state index contributed by atoms with van der Waals surface area (Å²) in [4.78, 5) is 41.9. The number of guanidine groups is 1. The van der Waals surface area contributed by atoms with Crippen molar-refractivity contribution in [3.05, 3.63) is 11.2 Å². The third-order valence-corrected chi connectivity index (χ3v) is 11.3. The maximum Gasteiger partial charge on any atom is 0.472 e. The molecule has 3 saturated heterocycles. The van der Waals surface area contributed by atoms with Crippen LogP contribution in [0.5, 0.6) is 0 Å². The number of nitrogens with zero attached hydrogens (tertiary/aromatic N) is 6. The van der Waals surface area contributed by atoms with Crippen molar-refractivity contribution in [2.45, 2.75) is 61.5 Å². The smallest absolute Gasteiger partial charge is 0.382 e. The molecule has 2 bridgehead atoms. The van der Waals surface area contributed by atoms with E-state index in [1.54, 1.807) is 0 Å². The second kappa shape index (κ2) is 11.7. The zero-order valence-electron chi connectivity index (χ0n) is 23.1. The van der Waals surface area contributed by atoms with Crippen molar-refractivity contribution < 1.29 is 51.1 Å². The fourth-order valence-corrected chi connectivity index (χ4v) is 9.07. The summed E-state index contributed by atoms with van der Waals surface area (Å²) < 4.78 is 71.5. The standard InChI is InChI=1S/C21H27N9O11P2S2/c1-35-14-10-4-37-43(34,44)40-7-2-8(16-11-12(29-45-16)17(22)25-5-24-11)38-9(7)3-36-42(32,33)41-15(14)20(39-10)30-6-26-13-18(30)27-21(23)28-19(13)31/h5-10,13-15,18,20H,2-4H2,1H3,(H,32,33)(H,34,44)(H2,22,24,25)(H3,23,27,28,31)/t7-,8+,9+,10+,13?,14+,15+,18?,20+,43+/m0/s1. The number of ether oxygens (including phenoxy) is 3. The van der Waals surface area contributed by atoms with Gasteiger partial charge in [-0.2, -0.15) is 4.37 Å². The van der Waals surface area contributed by atoms with Gasteiger partial charge in [0.15, 0.2) is 30.2 Å². The lowest BCUT2D eigenvalue weighted by Crippen LogP contribution is -2.57. The number of fused-ring (bicyclic) bond motifs is 5. The van der Waals surface area contributed by atoms with Gasteiger partial charge in [-0.15, -0.1) is 0 Å². The third-order valence-electron chi connectivity index (χ3n) is 7.73. The van der Waals surface area contributed by atoms with E-state index in [2.05, 4.69) is 41.9 Å². The minimum absolute atomic E-state index is 0.124. The Bertz CT molecular complexity index is 1670. The highest BCUT2D eigenvalue weighted by Gasteiger charge is 2.56. The van der Waals surface area contributed by atoms with Crippen LogP contribution in [0.15, 0.2) is 16.3 Å². The summed E-state index contributed by atoms with van der Waals surface area (Å²) >= 11 is 5.26. The normalized spacial score (nSPS) is 41.9. The SMILES string of the molecule is CO[C@H]1[C@H]2OP(=O)(O)OC[C@H]3O[C@@H](c4snc5c(N)ncnc45)C[C@@H]3O[P@](=O)(S)OC[C@H]1O[C@H]2N1C=NC2C(=O)NC(N)=NC21. The molecule has 2 aromatic heterocycles. The van der Waals surface area contributed by atoms with Crippen molar-refractivity contribution in [1.82, 2.24) is 24.6 Å². The molecule has 0 spiro atoms. The lowest BCUT2D eigenvalue weighted by atomic mass is 10.1. The van der Waals surface area contributed by atoms with Gasteiger partial charge in [-0.1, -0.05) is 12.2 Å². The van der Waals surface area contributed by atoms with Crippen molar-refractivity contribution >= 4 is 73.5 Å². The first-order valence-corrected chi connectivity index (χ1v) is 18.4. The summed E-state index contributed by atoms with van der Waals surface area (Å²) in [5, 5.41) is 2.40.